The molecule has 1 aromatic heterocycles. The number of rotatable bonds is 5. The Bertz CT molecular complexity index is 711. The van der Waals surface area contributed by atoms with Crippen LogP contribution in [0.15, 0.2) is 10.6 Å². The molecule has 0 radical (unpaired) electrons. The molecular formula is C20H32N4O4. The van der Waals surface area contributed by atoms with Crippen molar-refractivity contribution >= 4 is 17.6 Å². The van der Waals surface area contributed by atoms with Gasteiger partial charge in [0.05, 0.1) is 18.7 Å². The maximum atomic E-state index is 12.4. The number of nitrogens with zero attached hydrogens (tertiary/aromatic N) is 2. The minimum Gasteiger partial charge on any atom is -0.379 e. The number of fused-ring (bicyclic) bond motifs is 1. The van der Waals surface area contributed by atoms with Crippen molar-refractivity contribution in [2.75, 3.05) is 32.1 Å². The van der Waals surface area contributed by atoms with Gasteiger partial charge in [0.15, 0.2) is 5.82 Å². The third-order valence-electron chi connectivity index (χ3n) is 5.77. The monoisotopic (exact) mass is 392 g/mol. The number of carbonyl (C=O) groups is 2. The van der Waals surface area contributed by atoms with Gasteiger partial charge in [0.1, 0.15) is 5.76 Å². The van der Waals surface area contributed by atoms with Crippen LogP contribution in [-0.4, -0.2) is 60.8 Å². The molecule has 3 rings (SSSR count). The number of ether oxygens (including phenoxy) is 1. The fourth-order valence-electron chi connectivity index (χ4n) is 4.39. The first-order chi connectivity index (χ1) is 13.2. The van der Waals surface area contributed by atoms with Crippen molar-refractivity contribution in [2.24, 2.45) is 11.8 Å². The topological polar surface area (TPSA) is 96.7 Å². The second-order valence-corrected chi connectivity index (χ2v) is 9.14. The predicted octanol–water partition coefficient (Wildman–Crippen LogP) is 1.77. The molecule has 2 N–H and O–H groups in total. The summed E-state index contributed by atoms with van der Waals surface area (Å²) in [4.78, 5) is 26.1. The molecule has 0 aromatic carbocycles. The number of likely N-dealkylation sites (tertiary alicyclic amines) is 1. The summed E-state index contributed by atoms with van der Waals surface area (Å²) in [7, 11) is 1.70. The predicted molar refractivity (Wildman–Crippen MR) is 105 cm³/mol. The molecule has 0 spiro atoms. The highest BCUT2D eigenvalue weighted by molar-refractivity contribution is 5.91. The van der Waals surface area contributed by atoms with E-state index in [-0.39, 0.29) is 29.4 Å². The first-order valence-electron chi connectivity index (χ1n) is 9.95. The van der Waals surface area contributed by atoms with Crippen molar-refractivity contribution in [2.45, 2.75) is 58.1 Å². The Morgan fingerprint density at radius 3 is 2.54 bits per heavy atom. The van der Waals surface area contributed by atoms with E-state index in [2.05, 4.69) is 20.7 Å². The number of aromatic nitrogens is 1. The van der Waals surface area contributed by atoms with Crippen molar-refractivity contribution in [3.05, 3.63) is 11.8 Å². The Kier molecular flexibility index (Phi) is 6.09. The second-order valence-electron chi connectivity index (χ2n) is 9.14. The summed E-state index contributed by atoms with van der Waals surface area (Å²) < 4.78 is 10.9. The zero-order valence-electron chi connectivity index (χ0n) is 17.4. The Hall–Kier alpha value is -1.93. The molecule has 2 fully saturated rings. The highest BCUT2D eigenvalue weighted by Gasteiger charge is 2.43. The molecule has 1 saturated heterocycles. The summed E-state index contributed by atoms with van der Waals surface area (Å²) in [5, 5.41) is 9.79. The third-order valence-corrected chi connectivity index (χ3v) is 5.77. The van der Waals surface area contributed by atoms with Gasteiger partial charge in [-0.15, -0.1) is 0 Å². The van der Waals surface area contributed by atoms with E-state index in [0.717, 1.165) is 31.7 Å². The van der Waals surface area contributed by atoms with Gasteiger partial charge in [-0.25, -0.2) is 0 Å². The van der Waals surface area contributed by atoms with Crippen molar-refractivity contribution in [3.8, 4) is 0 Å². The van der Waals surface area contributed by atoms with Gasteiger partial charge in [0.25, 0.3) is 0 Å². The molecular weight excluding hydrogens is 360 g/mol. The molecule has 0 bridgehead atoms. The molecule has 1 saturated carbocycles. The SMILES string of the molecule is CO[C@H]1C[C@@H]2CN(CC(=O)Nc3cc(C(C)(C)C)on3)C[C@@H]2C[C@@H]1NC(C)=O. The maximum absolute atomic E-state index is 12.4. The second kappa shape index (κ2) is 8.21. The maximum Gasteiger partial charge on any atom is 0.239 e. The van der Waals surface area contributed by atoms with E-state index in [4.69, 9.17) is 9.26 Å². The Labute approximate surface area is 166 Å². The number of hydrogen-bond acceptors (Lipinski definition) is 6. The van der Waals surface area contributed by atoms with Crippen molar-refractivity contribution in [3.63, 3.8) is 0 Å². The molecule has 28 heavy (non-hydrogen) atoms. The summed E-state index contributed by atoms with van der Waals surface area (Å²) >= 11 is 0. The fourth-order valence-corrected chi connectivity index (χ4v) is 4.39. The van der Waals surface area contributed by atoms with Gasteiger partial charge in [-0.3, -0.25) is 14.5 Å². The average molecular weight is 393 g/mol. The molecule has 2 aliphatic rings. The number of nitrogens with one attached hydrogen (secondary N) is 2. The summed E-state index contributed by atoms with van der Waals surface area (Å²) in [6.07, 6.45) is 1.83. The molecule has 156 valence electrons. The summed E-state index contributed by atoms with van der Waals surface area (Å²) in [5.41, 5.74) is -0.150. The molecule has 2 heterocycles. The van der Waals surface area contributed by atoms with Crippen LogP contribution in [0.2, 0.25) is 0 Å². The van der Waals surface area contributed by atoms with Crippen LogP contribution in [0.4, 0.5) is 5.82 Å². The smallest absolute Gasteiger partial charge is 0.239 e. The Morgan fingerprint density at radius 1 is 1.29 bits per heavy atom. The molecule has 1 aromatic rings. The van der Waals surface area contributed by atoms with Gasteiger partial charge < -0.3 is 19.9 Å². The molecule has 0 unspecified atom stereocenters. The van der Waals surface area contributed by atoms with E-state index in [0.29, 0.717) is 24.2 Å². The minimum absolute atomic E-state index is 0.0260. The van der Waals surface area contributed by atoms with E-state index < -0.39 is 0 Å². The van der Waals surface area contributed by atoms with Crippen molar-refractivity contribution < 1.29 is 18.8 Å². The van der Waals surface area contributed by atoms with Crippen LogP contribution in [0.1, 0.15) is 46.3 Å². The van der Waals surface area contributed by atoms with Gasteiger partial charge in [-0.1, -0.05) is 25.9 Å². The van der Waals surface area contributed by atoms with Crippen LogP contribution in [0.3, 0.4) is 0 Å². The fraction of sp³-hybridized carbons (Fsp3) is 0.750. The van der Waals surface area contributed by atoms with Gasteiger partial charge in [-0.05, 0) is 24.7 Å². The van der Waals surface area contributed by atoms with Crippen LogP contribution >= 0.6 is 0 Å². The molecule has 1 aliphatic heterocycles. The molecule has 8 nitrogen and oxygen atoms in total. The number of methoxy groups -OCH3 is 1. The molecule has 4 atom stereocenters. The van der Waals surface area contributed by atoms with Crippen LogP contribution in [0, 0.1) is 11.8 Å². The summed E-state index contributed by atoms with van der Waals surface area (Å²) in [6, 6.07) is 1.83. The lowest BCUT2D eigenvalue weighted by molar-refractivity contribution is -0.121. The Morgan fingerprint density at radius 2 is 1.96 bits per heavy atom. The lowest BCUT2D eigenvalue weighted by Gasteiger charge is -2.37. The van der Waals surface area contributed by atoms with Crippen LogP contribution in [0.25, 0.3) is 0 Å². The molecule has 2 amide bonds. The number of hydrogen-bond donors (Lipinski definition) is 2. The zero-order chi connectivity index (χ0) is 20.5. The summed E-state index contributed by atoms with van der Waals surface area (Å²) in [5.74, 6) is 2.04. The lowest BCUT2D eigenvalue weighted by atomic mass is 9.77. The van der Waals surface area contributed by atoms with Gasteiger partial charge in [0, 0.05) is 38.6 Å². The Balaban J connectivity index is 1.53. The van der Waals surface area contributed by atoms with Crippen LogP contribution in [0.5, 0.6) is 0 Å². The first kappa shape index (κ1) is 20.8. The normalized spacial score (nSPS) is 28.0. The van der Waals surface area contributed by atoms with Crippen LogP contribution < -0.4 is 10.6 Å². The largest absolute Gasteiger partial charge is 0.379 e. The number of carbonyl (C=O) groups excluding carboxylic acids is 2. The molecule has 1 aliphatic carbocycles. The molecule has 8 heteroatoms. The third kappa shape index (κ3) is 4.91. The van der Waals surface area contributed by atoms with Gasteiger partial charge >= 0.3 is 0 Å². The lowest BCUT2D eigenvalue weighted by Crippen LogP contribution is -2.49. The van der Waals surface area contributed by atoms with Gasteiger partial charge in [-0.2, -0.15) is 0 Å². The van der Waals surface area contributed by atoms with Crippen LogP contribution in [-0.2, 0) is 19.7 Å². The number of anilines is 1. The van der Waals surface area contributed by atoms with Crippen molar-refractivity contribution in [1.82, 2.24) is 15.4 Å². The average Bonchev–Trinajstić information content (AvgIpc) is 3.19. The highest BCUT2D eigenvalue weighted by atomic mass is 16.5. The van der Waals surface area contributed by atoms with E-state index >= 15 is 0 Å². The van der Waals surface area contributed by atoms with E-state index in [9.17, 15) is 9.59 Å². The number of amides is 2. The van der Waals surface area contributed by atoms with E-state index in [1.165, 1.54) is 0 Å². The summed E-state index contributed by atoms with van der Waals surface area (Å²) in [6.45, 7) is 9.70. The van der Waals surface area contributed by atoms with E-state index in [1.807, 2.05) is 20.8 Å². The van der Waals surface area contributed by atoms with E-state index in [1.54, 1.807) is 20.1 Å². The highest BCUT2D eigenvalue weighted by Crippen LogP contribution is 2.37. The first-order valence-corrected chi connectivity index (χ1v) is 9.95. The standard InChI is InChI=1S/C20H32N4O4/c1-12(25)21-15-6-13-9-24(10-14(13)7-16(15)27-5)11-19(26)22-18-8-17(28-23-18)20(2,3)4/h8,13-16H,6-7,9-11H2,1-5H3,(H,21,25)(H,22,23,26)/t13-,14+,15-,16-/m0/s1. The van der Waals surface area contributed by atoms with Crippen molar-refractivity contribution in [1.29, 1.82) is 0 Å². The van der Waals surface area contributed by atoms with Gasteiger partial charge in [0.2, 0.25) is 11.8 Å². The zero-order valence-corrected chi connectivity index (χ0v) is 17.4. The minimum atomic E-state index is -0.150. The quantitative estimate of drug-likeness (QED) is 0.793.